The molecule has 2 heterocycles. The van der Waals surface area contributed by atoms with Crippen molar-refractivity contribution >= 4 is 11.7 Å². The van der Waals surface area contributed by atoms with Crippen molar-refractivity contribution in [3.05, 3.63) is 59.3 Å². The second-order valence-electron chi connectivity index (χ2n) is 6.84. The molecule has 5 nitrogen and oxygen atoms in total. The average Bonchev–Trinajstić information content (AvgIpc) is 2.98. The minimum absolute atomic E-state index is 0.172. The lowest BCUT2D eigenvalue weighted by molar-refractivity contribution is 0.0858. The van der Waals surface area contributed by atoms with Crippen LogP contribution in [0.5, 0.6) is 0 Å². The molecule has 130 valence electrons. The molecule has 1 saturated heterocycles. The van der Waals surface area contributed by atoms with Crippen LogP contribution < -0.4 is 10.2 Å². The maximum absolute atomic E-state index is 12.9. The van der Waals surface area contributed by atoms with Gasteiger partial charge in [0.25, 0.3) is 5.91 Å². The van der Waals surface area contributed by atoms with Gasteiger partial charge >= 0.3 is 0 Å². The second-order valence-corrected chi connectivity index (χ2v) is 6.84. The molecular weight excluding hydrogens is 314 g/mol. The van der Waals surface area contributed by atoms with Crippen molar-refractivity contribution in [2.45, 2.75) is 37.8 Å². The van der Waals surface area contributed by atoms with Gasteiger partial charge in [-0.25, -0.2) is 4.98 Å². The van der Waals surface area contributed by atoms with E-state index in [2.05, 4.69) is 15.2 Å². The zero-order chi connectivity index (χ0) is 17.2. The Kier molecular flexibility index (Phi) is 4.40. The minimum Gasteiger partial charge on any atom is -0.390 e. The van der Waals surface area contributed by atoms with Gasteiger partial charge in [-0.1, -0.05) is 24.3 Å². The molecule has 4 rings (SSSR count). The second kappa shape index (κ2) is 6.84. The predicted octanol–water partition coefficient (Wildman–Crippen LogP) is 2.46. The number of carbonyl (C=O) groups excluding carboxylic acids is 1. The number of rotatable bonds is 3. The number of pyridine rings is 1. The Morgan fingerprint density at radius 1 is 1.12 bits per heavy atom. The number of fused-ring (bicyclic) bond motifs is 1. The summed E-state index contributed by atoms with van der Waals surface area (Å²) in [6.07, 6.45) is 5.22. The molecule has 2 aromatic rings. The maximum Gasteiger partial charge on any atom is 0.255 e. The van der Waals surface area contributed by atoms with Gasteiger partial charge in [-0.3, -0.25) is 4.79 Å². The lowest BCUT2D eigenvalue weighted by Gasteiger charge is -2.29. The number of carbonyl (C=O) groups is 1. The minimum atomic E-state index is -0.587. The van der Waals surface area contributed by atoms with E-state index in [-0.39, 0.29) is 11.9 Å². The molecule has 0 radical (unpaired) electrons. The Hall–Kier alpha value is -2.40. The molecule has 0 saturated carbocycles. The number of hydrogen-bond donors (Lipinski definition) is 2. The summed E-state index contributed by atoms with van der Waals surface area (Å²) in [5, 5.41) is 13.4. The molecule has 5 heteroatoms. The standard InChI is InChI=1S/C20H23N3O2/c24-17-13-14-7-2-3-8-15(14)18(17)22-20(25)16-9-6-10-21-19(16)23-11-4-1-5-12-23/h2-3,6-10,17-18,24H,1,4-5,11-13H2,(H,22,25)/t17-,18+/m0/s1. The summed E-state index contributed by atoms with van der Waals surface area (Å²) < 4.78 is 0. The van der Waals surface area contributed by atoms with E-state index < -0.39 is 6.10 Å². The maximum atomic E-state index is 12.9. The number of aliphatic hydroxyl groups excluding tert-OH is 1. The van der Waals surface area contributed by atoms with Crippen LogP contribution in [0.3, 0.4) is 0 Å². The van der Waals surface area contributed by atoms with Crippen LogP contribution in [-0.4, -0.2) is 35.2 Å². The highest BCUT2D eigenvalue weighted by Gasteiger charge is 2.32. The molecule has 1 amide bonds. The summed E-state index contributed by atoms with van der Waals surface area (Å²) in [5.41, 5.74) is 2.69. The monoisotopic (exact) mass is 337 g/mol. The van der Waals surface area contributed by atoms with Gasteiger partial charge in [0.1, 0.15) is 5.82 Å². The van der Waals surface area contributed by atoms with Crippen molar-refractivity contribution in [2.24, 2.45) is 0 Å². The van der Waals surface area contributed by atoms with Crippen LogP contribution in [0.4, 0.5) is 5.82 Å². The fraction of sp³-hybridized carbons (Fsp3) is 0.400. The van der Waals surface area contributed by atoms with Crippen molar-refractivity contribution in [1.29, 1.82) is 0 Å². The van der Waals surface area contributed by atoms with E-state index in [0.717, 1.165) is 42.9 Å². The van der Waals surface area contributed by atoms with Crippen molar-refractivity contribution < 1.29 is 9.90 Å². The largest absolute Gasteiger partial charge is 0.390 e. The quantitative estimate of drug-likeness (QED) is 0.903. The number of nitrogens with one attached hydrogen (secondary N) is 1. The normalized spacial score (nSPS) is 22.5. The lowest BCUT2D eigenvalue weighted by Crippen LogP contribution is -2.36. The summed E-state index contributed by atoms with van der Waals surface area (Å²) in [6, 6.07) is 11.1. The van der Waals surface area contributed by atoms with Crippen molar-refractivity contribution in [2.75, 3.05) is 18.0 Å². The SMILES string of the molecule is O=C(N[C@@H]1c2ccccc2C[C@@H]1O)c1cccnc1N1CCCCC1. The summed E-state index contributed by atoms with van der Waals surface area (Å²) in [4.78, 5) is 19.6. The number of benzene rings is 1. The molecule has 0 bridgehead atoms. The summed E-state index contributed by atoms with van der Waals surface area (Å²) >= 11 is 0. The van der Waals surface area contributed by atoms with Crippen molar-refractivity contribution in [3.8, 4) is 0 Å². The number of nitrogens with zero attached hydrogens (tertiary/aromatic N) is 2. The van der Waals surface area contributed by atoms with Gasteiger partial charge in [0.15, 0.2) is 0 Å². The summed E-state index contributed by atoms with van der Waals surface area (Å²) in [5.74, 6) is 0.579. The third-order valence-electron chi connectivity index (χ3n) is 5.18. The summed E-state index contributed by atoms with van der Waals surface area (Å²) in [6.45, 7) is 1.87. The number of amides is 1. The number of hydrogen-bond acceptors (Lipinski definition) is 4. The Morgan fingerprint density at radius 3 is 2.76 bits per heavy atom. The van der Waals surface area contributed by atoms with Crippen molar-refractivity contribution in [1.82, 2.24) is 10.3 Å². The first-order valence-electron chi connectivity index (χ1n) is 9.01. The highest BCUT2D eigenvalue weighted by atomic mass is 16.3. The number of aromatic nitrogens is 1. The molecule has 25 heavy (non-hydrogen) atoms. The van der Waals surface area contributed by atoms with Gasteiger partial charge in [-0.2, -0.15) is 0 Å². The van der Waals surface area contributed by atoms with E-state index in [1.165, 1.54) is 6.42 Å². The van der Waals surface area contributed by atoms with Crippen LogP contribution in [0.25, 0.3) is 0 Å². The van der Waals surface area contributed by atoms with Crippen LogP contribution in [0.15, 0.2) is 42.6 Å². The zero-order valence-corrected chi connectivity index (χ0v) is 14.2. The molecule has 1 aliphatic carbocycles. The third-order valence-corrected chi connectivity index (χ3v) is 5.18. The van der Waals surface area contributed by atoms with Gasteiger partial charge in [0.2, 0.25) is 0 Å². The zero-order valence-electron chi connectivity index (χ0n) is 14.2. The fourth-order valence-electron chi connectivity index (χ4n) is 3.90. The van der Waals surface area contributed by atoms with Gasteiger partial charge < -0.3 is 15.3 Å². The molecule has 2 atom stereocenters. The molecule has 1 aromatic heterocycles. The first-order chi connectivity index (χ1) is 12.2. The predicted molar refractivity (Wildman–Crippen MR) is 96.7 cm³/mol. The van der Waals surface area contributed by atoms with E-state index in [1.807, 2.05) is 30.3 Å². The lowest BCUT2D eigenvalue weighted by atomic mass is 10.1. The van der Waals surface area contributed by atoms with Crippen LogP contribution in [0.2, 0.25) is 0 Å². The van der Waals surface area contributed by atoms with Crippen molar-refractivity contribution in [3.63, 3.8) is 0 Å². The van der Waals surface area contributed by atoms with Gasteiger partial charge in [0.05, 0.1) is 17.7 Å². The Morgan fingerprint density at radius 2 is 1.92 bits per heavy atom. The molecule has 2 N–H and O–H groups in total. The highest BCUT2D eigenvalue weighted by Crippen LogP contribution is 2.32. The van der Waals surface area contributed by atoms with Crippen LogP contribution in [0.1, 0.15) is 46.8 Å². The average molecular weight is 337 g/mol. The van der Waals surface area contributed by atoms with E-state index in [4.69, 9.17) is 0 Å². The molecule has 0 unspecified atom stereocenters. The molecule has 2 aliphatic rings. The molecular formula is C20H23N3O2. The van der Waals surface area contributed by atoms with Gasteiger partial charge in [-0.05, 0) is 42.5 Å². The number of piperidine rings is 1. The smallest absolute Gasteiger partial charge is 0.255 e. The van der Waals surface area contributed by atoms with E-state index >= 15 is 0 Å². The Labute approximate surface area is 147 Å². The Balaban J connectivity index is 1.58. The highest BCUT2D eigenvalue weighted by molar-refractivity contribution is 5.99. The van der Waals surface area contributed by atoms with E-state index in [0.29, 0.717) is 12.0 Å². The number of anilines is 1. The first-order valence-corrected chi connectivity index (χ1v) is 9.01. The number of aliphatic hydroxyl groups is 1. The third kappa shape index (κ3) is 3.12. The van der Waals surface area contributed by atoms with Crippen LogP contribution in [-0.2, 0) is 6.42 Å². The summed E-state index contributed by atoms with van der Waals surface area (Å²) in [7, 11) is 0. The van der Waals surface area contributed by atoms with Crippen LogP contribution >= 0.6 is 0 Å². The molecule has 1 aromatic carbocycles. The first kappa shape index (κ1) is 16.1. The van der Waals surface area contributed by atoms with E-state index in [1.54, 1.807) is 12.3 Å². The molecule has 0 spiro atoms. The van der Waals surface area contributed by atoms with Crippen LogP contribution in [0, 0.1) is 0 Å². The molecule has 1 fully saturated rings. The fourth-order valence-corrected chi connectivity index (χ4v) is 3.90. The topological polar surface area (TPSA) is 65.5 Å². The van der Waals surface area contributed by atoms with Gasteiger partial charge in [0, 0.05) is 25.7 Å². The van der Waals surface area contributed by atoms with Gasteiger partial charge in [-0.15, -0.1) is 0 Å². The van der Waals surface area contributed by atoms with E-state index in [9.17, 15) is 9.90 Å². The molecule has 1 aliphatic heterocycles. The Bertz CT molecular complexity index is 771.